The van der Waals surface area contributed by atoms with Crippen LogP contribution < -0.4 is 14.8 Å². The molecule has 2 amide bonds. The van der Waals surface area contributed by atoms with Gasteiger partial charge in [0.25, 0.3) is 5.91 Å². The van der Waals surface area contributed by atoms with Gasteiger partial charge in [-0.3, -0.25) is 9.59 Å². The van der Waals surface area contributed by atoms with E-state index in [1.165, 1.54) is 42.5 Å². The van der Waals surface area contributed by atoms with Gasteiger partial charge in [0.1, 0.15) is 13.2 Å². The van der Waals surface area contributed by atoms with Crippen LogP contribution in [0, 0.1) is 0 Å². The topological polar surface area (TPSA) is 98.7 Å². The van der Waals surface area contributed by atoms with E-state index in [1.807, 2.05) is 0 Å². The maximum absolute atomic E-state index is 13.5. The average Bonchev–Trinajstić information content (AvgIpc) is 2.83. The Labute approximate surface area is 208 Å². The summed E-state index contributed by atoms with van der Waals surface area (Å²) in [5.41, 5.74) is 0.304. The molecule has 0 bridgehead atoms. The Hall–Kier alpha value is -3.35. The van der Waals surface area contributed by atoms with E-state index in [1.54, 1.807) is 0 Å². The number of amides is 2. The fourth-order valence-corrected chi connectivity index (χ4v) is 3.61. The van der Waals surface area contributed by atoms with Gasteiger partial charge in [-0.25, -0.2) is 5.01 Å². The number of hydrogen-bond donors (Lipinski definition) is 1. The molecule has 2 aliphatic rings. The molecule has 2 heterocycles. The van der Waals surface area contributed by atoms with Crippen LogP contribution >= 0.6 is 11.6 Å². The number of alkyl halides is 3. The average molecular weight is 528 g/mol. The molecule has 2 aromatic rings. The summed E-state index contributed by atoms with van der Waals surface area (Å²) in [4.78, 5) is 25.4. The van der Waals surface area contributed by atoms with Crippen LogP contribution in [0.5, 0.6) is 11.5 Å². The maximum Gasteiger partial charge on any atom is 0.473 e. The number of hydrogen-bond acceptors (Lipinski definition) is 7. The molecular weight excluding hydrogens is 507 g/mol. The number of halogens is 4. The van der Waals surface area contributed by atoms with Crippen LogP contribution in [0.3, 0.4) is 0 Å². The van der Waals surface area contributed by atoms with Gasteiger partial charge in [-0.2, -0.15) is 18.3 Å². The Morgan fingerprint density at radius 2 is 1.56 bits per heavy atom. The summed E-state index contributed by atoms with van der Waals surface area (Å²) in [6.07, 6.45) is -5.28. The van der Waals surface area contributed by atoms with Crippen LogP contribution in [-0.4, -0.2) is 68.5 Å². The Bertz CT molecular complexity index is 1140. The highest BCUT2D eigenvalue weighted by atomic mass is 35.5. The van der Waals surface area contributed by atoms with E-state index in [4.69, 9.17) is 30.5 Å². The van der Waals surface area contributed by atoms with Crippen LogP contribution in [-0.2, 0) is 19.1 Å². The third kappa shape index (κ3) is 6.07. The first-order valence-corrected chi connectivity index (χ1v) is 11.2. The monoisotopic (exact) mass is 527 g/mol. The Kier molecular flexibility index (Phi) is 7.97. The third-order valence-electron chi connectivity index (χ3n) is 5.14. The first-order valence-electron chi connectivity index (χ1n) is 10.8. The molecule has 0 spiro atoms. The number of amidine groups is 1. The number of rotatable bonds is 2. The van der Waals surface area contributed by atoms with Gasteiger partial charge in [0, 0.05) is 10.6 Å². The zero-order valence-corrected chi connectivity index (χ0v) is 19.5. The van der Waals surface area contributed by atoms with Crippen molar-refractivity contribution in [2.75, 3.05) is 39.6 Å². The van der Waals surface area contributed by atoms with Gasteiger partial charge >= 0.3 is 12.1 Å². The van der Waals surface area contributed by atoms with E-state index < -0.39 is 24.0 Å². The highest BCUT2D eigenvalue weighted by molar-refractivity contribution is 6.30. The summed E-state index contributed by atoms with van der Waals surface area (Å²) in [7, 11) is 0. The second kappa shape index (κ2) is 11.1. The number of nitrogens with one attached hydrogen (secondary N) is 1. The van der Waals surface area contributed by atoms with Crippen LogP contribution in [0.1, 0.15) is 17.2 Å². The van der Waals surface area contributed by atoms with E-state index in [9.17, 15) is 22.8 Å². The van der Waals surface area contributed by atoms with Crippen molar-refractivity contribution in [1.29, 1.82) is 0 Å². The summed E-state index contributed by atoms with van der Waals surface area (Å²) in [6.45, 7) is 1.57. The van der Waals surface area contributed by atoms with Gasteiger partial charge in [0.05, 0.1) is 26.4 Å². The summed E-state index contributed by atoms with van der Waals surface area (Å²) >= 11 is 5.86. The fourth-order valence-electron chi connectivity index (χ4n) is 3.48. The maximum atomic E-state index is 13.5. The van der Waals surface area contributed by atoms with Gasteiger partial charge in [0.2, 0.25) is 0 Å². The van der Waals surface area contributed by atoms with Gasteiger partial charge < -0.3 is 24.3 Å². The minimum atomic E-state index is -5.28. The standard InChI is InChI=1S/C23H21ClF3N3O6/c24-16-4-1-14(2-5-16)20-28-21(31)19(30(29-20)22(32)23(25,26)27)15-3-6-17-18(13-15)36-12-10-34-8-7-33-9-11-35-17/h1-6,13,19H,7-12H2,(H,28,29,31). The number of benzene rings is 2. The Morgan fingerprint density at radius 3 is 2.19 bits per heavy atom. The highest BCUT2D eigenvalue weighted by Gasteiger charge is 2.49. The molecule has 36 heavy (non-hydrogen) atoms. The van der Waals surface area contributed by atoms with Crippen molar-refractivity contribution in [3.8, 4) is 11.5 Å². The predicted molar refractivity (Wildman–Crippen MR) is 121 cm³/mol. The minimum Gasteiger partial charge on any atom is -0.487 e. The molecule has 13 heteroatoms. The summed E-state index contributed by atoms with van der Waals surface area (Å²) in [5.74, 6) is -2.97. The number of nitrogens with zero attached hydrogens (tertiary/aromatic N) is 2. The molecular formula is C23H21ClF3N3O6. The van der Waals surface area contributed by atoms with E-state index in [-0.39, 0.29) is 59.9 Å². The van der Waals surface area contributed by atoms with E-state index in [2.05, 4.69) is 10.4 Å². The summed E-state index contributed by atoms with van der Waals surface area (Å²) < 4.78 is 62.5. The number of carbonyl (C=O) groups excluding carboxylic acids is 2. The van der Waals surface area contributed by atoms with Crippen molar-refractivity contribution in [1.82, 2.24) is 10.3 Å². The van der Waals surface area contributed by atoms with Crippen molar-refractivity contribution in [3.05, 3.63) is 58.6 Å². The lowest BCUT2D eigenvalue weighted by molar-refractivity contribution is -0.189. The largest absolute Gasteiger partial charge is 0.487 e. The van der Waals surface area contributed by atoms with E-state index in [0.29, 0.717) is 18.2 Å². The zero-order valence-electron chi connectivity index (χ0n) is 18.7. The molecule has 4 rings (SSSR count). The molecule has 1 unspecified atom stereocenters. The molecule has 192 valence electrons. The molecule has 0 aromatic heterocycles. The molecule has 1 atom stereocenters. The zero-order chi connectivity index (χ0) is 25.7. The minimum absolute atomic E-state index is 0.0376. The van der Waals surface area contributed by atoms with Gasteiger partial charge in [-0.05, 0) is 42.0 Å². The van der Waals surface area contributed by atoms with Gasteiger partial charge in [-0.15, -0.1) is 0 Å². The molecule has 1 N–H and O–H groups in total. The van der Waals surface area contributed by atoms with Gasteiger partial charge in [0.15, 0.2) is 23.4 Å². The fraction of sp³-hybridized carbons (Fsp3) is 0.348. The van der Waals surface area contributed by atoms with Crippen molar-refractivity contribution in [2.24, 2.45) is 5.10 Å². The summed E-state index contributed by atoms with van der Waals surface area (Å²) in [5, 5.41) is 6.82. The van der Waals surface area contributed by atoms with Crippen molar-refractivity contribution in [3.63, 3.8) is 0 Å². The third-order valence-corrected chi connectivity index (χ3v) is 5.39. The quantitative estimate of drug-likeness (QED) is 0.644. The van der Waals surface area contributed by atoms with Crippen molar-refractivity contribution >= 4 is 29.3 Å². The van der Waals surface area contributed by atoms with Crippen molar-refractivity contribution in [2.45, 2.75) is 12.2 Å². The smallest absolute Gasteiger partial charge is 0.473 e. The van der Waals surface area contributed by atoms with Crippen molar-refractivity contribution < 1.29 is 41.7 Å². The Morgan fingerprint density at radius 1 is 0.944 bits per heavy atom. The van der Waals surface area contributed by atoms with Crippen LogP contribution in [0.2, 0.25) is 5.02 Å². The number of fused-ring (bicyclic) bond motifs is 1. The molecule has 0 saturated carbocycles. The second-order valence-electron chi connectivity index (χ2n) is 7.62. The first kappa shape index (κ1) is 25.7. The van der Waals surface area contributed by atoms with Gasteiger partial charge in [-0.1, -0.05) is 17.7 Å². The lowest BCUT2D eigenvalue weighted by Gasteiger charge is -2.32. The second-order valence-corrected chi connectivity index (χ2v) is 8.06. The number of carbonyl (C=O) groups is 2. The Balaban J connectivity index is 1.71. The van der Waals surface area contributed by atoms with E-state index >= 15 is 0 Å². The SMILES string of the molecule is O=C1NC(c2ccc(Cl)cc2)=NN(C(=O)C(F)(F)F)C1c1ccc2c(c1)OCCOCCOCCO2. The molecule has 2 aliphatic heterocycles. The highest BCUT2D eigenvalue weighted by Crippen LogP contribution is 2.36. The van der Waals surface area contributed by atoms with E-state index in [0.717, 1.165) is 0 Å². The molecule has 2 aromatic carbocycles. The molecule has 0 aliphatic carbocycles. The predicted octanol–water partition coefficient (Wildman–Crippen LogP) is 3.07. The van der Waals surface area contributed by atoms with Crippen LogP contribution in [0.25, 0.3) is 0 Å². The molecule has 0 fully saturated rings. The lowest BCUT2D eigenvalue weighted by Crippen LogP contribution is -2.52. The lowest BCUT2D eigenvalue weighted by atomic mass is 10.0. The molecule has 0 radical (unpaired) electrons. The normalized spacial score (nSPS) is 19.4. The van der Waals surface area contributed by atoms with Crippen LogP contribution in [0.15, 0.2) is 47.6 Å². The first-order chi connectivity index (χ1) is 17.2. The summed E-state index contributed by atoms with van der Waals surface area (Å²) in [6, 6.07) is 8.30. The van der Waals surface area contributed by atoms with Crippen LogP contribution in [0.4, 0.5) is 13.2 Å². The number of ether oxygens (including phenoxy) is 4. The molecule has 0 saturated heterocycles. The molecule has 9 nitrogen and oxygen atoms in total. The number of hydrazone groups is 1.